The number of nitrogens with one attached hydrogen (secondary N) is 1. The van der Waals surface area contributed by atoms with Gasteiger partial charge < -0.3 is 10.4 Å². The molecular weight excluding hydrogens is 252 g/mol. The number of aryl methyl sites for hydroxylation is 1. The summed E-state index contributed by atoms with van der Waals surface area (Å²) in [6, 6.07) is 0. The quantitative estimate of drug-likeness (QED) is 0.749. The second kappa shape index (κ2) is 5.25. The zero-order valence-corrected chi connectivity index (χ0v) is 11.4. The van der Waals surface area contributed by atoms with Gasteiger partial charge in [0.2, 0.25) is 5.82 Å². The van der Waals surface area contributed by atoms with Crippen molar-refractivity contribution in [2.75, 3.05) is 5.32 Å². The van der Waals surface area contributed by atoms with Crippen molar-refractivity contribution in [3.05, 3.63) is 20.8 Å². The summed E-state index contributed by atoms with van der Waals surface area (Å²) < 4.78 is 2.00. The number of rotatable bonds is 5. The fraction of sp³-hybridized carbons (Fsp3) is 0.636. The van der Waals surface area contributed by atoms with Crippen LogP contribution in [0.2, 0.25) is 0 Å². The van der Waals surface area contributed by atoms with Crippen molar-refractivity contribution >= 4 is 11.8 Å². The lowest BCUT2D eigenvalue weighted by Crippen LogP contribution is -2.43. The van der Waals surface area contributed by atoms with Gasteiger partial charge in [-0.05, 0) is 20.3 Å². The average molecular weight is 270 g/mol. The van der Waals surface area contributed by atoms with Gasteiger partial charge in [-0.15, -0.1) is 5.10 Å². The zero-order chi connectivity index (χ0) is 14.8. The van der Waals surface area contributed by atoms with Crippen molar-refractivity contribution in [3.8, 4) is 0 Å². The largest absolute Gasteiger partial charge is 0.481 e. The number of hydrogen-bond acceptors (Lipinski definition) is 5. The lowest BCUT2D eigenvalue weighted by atomic mass is 9.98. The molecule has 0 aliphatic rings. The van der Waals surface area contributed by atoms with Gasteiger partial charge >= 0.3 is 11.7 Å². The summed E-state index contributed by atoms with van der Waals surface area (Å²) in [6.45, 7) is 3.53. The van der Waals surface area contributed by atoms with Crippen LogP contribution in [0.3, 0.4) is 0 Å². The molecule has 106 valence electrons. The molecule has 0 amide bonds. The molecule has 0 aromatic carbocycles. The number of anilines is 1. The first-order valence-electron chi connectivity index (χ1n) is 5.78. The topological polar surface area (TPSA) is 106 Å². The first kappa shape index (κ1) is 14.9. The Bertz CT molecular complexity index is 600. The zero-order valence-electron chi connectivity index (χ0n) is 11.4. The van der Waals surface area contributed by atoms with E-state index in [4.69, 9.17) is 5.11 Å². The summed E-state index contributed by atoms with van der Waals surface area (Å²) in [5.41, 5.74) is -1.67. The summed E-state index contributed by atoms with van der Waals surface area (Å²) in [5, 5.41) is 15.4. The molecule has 19 heavy (non-hydrogen) atoms. The van der Waals surface area contributed by atoms with Crippen LogP contribution in [0.25, 0.3) is 0 Å². The number of carbonyl (C=O) groups is 1. The van der Waals surface area contributed by atoms with Crippen molar-refractivity contribution in [1.82, 2.24) is 14.3 Å². The fourth-order valence-electron chi connectivity index (χ4n) is 1.58. The first-order chi connectivity index (χ1) is 8.64. The molecule has 0 bridgehead atoms. The highest BCUT2D eigenvalue weighted by atomic mass is 16.4. The minimum absolute atomic E-state index is 0.0217. The molecule has 1 aromatic rings. The van der Waals surface area contributed by atoms with E-state index in [9.17, 15) is 14.4 Å². The summed E-state index contributed by atoms with van der Waals surface area (Å²) >= 11 is 0. The Kier molecular flexibility index (Phi) is 4.13. The van der Waals surface area contributed by atoms with Gasteiger partial charge in [-0.25, -0.2) is 9.48 Å². The maximum absolute atomic E-state index is 11.9. The number of nitrogens with zero attached hydrogens (tertiary/aromatic N) is 3. The van der Waals surface area contributed by atoms with Crippen molar-refractivity contribution in [1.29, 1.82) is 0 Å². The van der Waals surface area contributed by atoms with Crippen molar-refractivity contribution < 1.29 is 9.90 Å². The number of carboxylic acid groups (broad SMARTS) is 1. The number of aliphatic carboxylic acids is 1. The van der Waals surface area contributed by atoms with E-state index in [1.54, 1.807) is 13.8 Å². The molecule has 8 nitrogen and oxygen atoms in total. The van der Waals surface area contributed by atoms with E-state index in [0.29, 0.717) is 6.42 Å². The minimum atomic E-state index is -0.906. The molecule has 0 saturated carbocycles. The van der Waals surface area contributed by atoms with Gasteiger partial charge in [-0.1, -0.05) is 0 Å². The van der Waals surface area contributed by atoms with Crippen LogP contribution in [-0.2, 0) is 18.9 Å². The van der Waals surface area contributed by atoms with Crippen molar-refractivity contribution in [3.63, 3.8) is 0 Å². The van der Waals surface area contributed by atoms with Crippen LogP contribution < -0.4 is 16.6 Å². The van der Waals surface area contributed by atoms with Crippen LogP contribution in [0.5, 0.6) is 0 Å². The predicted octanol–water partition coefficient (Wildman–Crippen LogP) is -0.466. The van der Waals surface area contributed by atoms with E-state index < -0.39 is 22.8 Å². The molecule has 0 aliphatic carbocycles. The monoisotopic (exact) mass is 270 g/mol. The van der Waals surface area contributed by atoms with Gasteiger partial charge in [-0.2, -0.15) is 0 Å². The summed E-state index contributed by atoms with van der Waals surface area (Å²) in [5.74, 6) is -0.879. The van der Waals surface area contributed by atoms with Crippen LogP contribution in [0.4, 0.5) is 5.82 Å². The second-order valence-corrected chi connectivity index (χ2v) is 5.02. The number of aromatic nitrogens is 3. The van der Waals surface area contributed by atoms with Crippen molar-refractivity contribution in [2.45, 2.75) is 32.2 Å². The Morgan fingerprint density at radius 1 is 1.37 bits per heavy atom. The SMILES string of the molecule is Cn1nc(NC(C)(C)CCC(=O)O)c(=O)n(C)c1=O. The lowest BCUT2D eigenvalue weighted by Gasteiger charge is -2.25. The third kappa shape index (κ3) is 3.67. The summed E-state index contributed by atoms with van der Waals surface area (Å²) in [7, 11) is 2.80. The van der Waals surface area contributed by atoms with Gasteiger partial charge in [0.05, 0.1) is 0 Å². The van der Waals surface area contributed by atoms with Crippen LogP contribution in [0.15, 0.2) is 9.59 Å². The Labute approximate surface area is 109 Å². The third-order valence-corrected chi connectivity index (χ3v) is 2.74. The molecule has 1 aromatic heterocycles. The third-order valence-electron chi connectivity index (χ3n) is 2.74. The first-order valence-corrected chi connectivity index (χ1v) is 5.78. The summed E-state index contributed by atoms with van der Waals surface area (Å²) in [6.07, 6.45) is 0.308. The van der Waals surface area contributed by atoms with E-state index in [0.717, 1.165) is 9.25 Å². The molecule has 0 fully saturated rings. The standard InChI is InChI=1S/C11H18N4O4/c1-11(2,6-5-7(16)17)12-8-9(18)14(3)10(19)15(4)13-8/h5-6H2,1-4H3,(H,12,13)(H,16,17). The Morgan fingerprint density at radius 3 is 2.47 bits per heavy atom. The van der Waals surface area contributed by atoms with E-state index >= 15 is 0 Å². The molecule has 8 heteroatoms. The fourth-order valence-corrected chi connectivity index (χ4v) is 1.58. The average Bonchev–Trinajstić information content (AvgIpc) is 2.31. The maximum atomic E-state index is 11.9. The van der Waals surface area contributed by atoms with Crippen LogP contribution in [0.1, 0.15) is 26.7 Å². The molecule has 0 saturated heterocycles. The van der Waals surface area contributed by atoms with Crippen LogP contribution in [0, 0.1) is 0 Å². The Hall–Kier alpha value is -2.12. The molecule has 0 atom stereocenters. The minimum Gasteiger partial charge on any atom is -0.481 e. The Balaban J connectivity index is 3.03. The van der Waals surface area contributed by atoms with E-state index in [2.05, 4.69) is 10.4 Å². The van der Waals surface area contributed by atoms with Crippen LogP contribution in [-0.4, -0.2) is 31.0 Å². The lowest BCUT2D eigenvalue weighted by molar-refractivity contribution is -0.137. The highest BCUT2D eigenvalue weighted by Crippen LogP contribution is 2.15. The Morgan fingerprint density at radius 2 is 1.95 bits per heavy atom. The van der Waals surface area contributed by atoms with Crippen LogP contribution >= 0.6 is 0 Å². The smallest absolute Gasteiger partial charge is 0.346 e. The van der Waals surface area contributed by atoms with E-state index in [-0.39, 0.29) is 12.2 Å². The van der Waals surface area contributed by atoms with Crippen molar-refractivity contribution in [2.24, 2.45) is 14.1 Å². The number of hydrogen-bond donors (Lipinski definition) is 2. The highest BCUT2D eigenvalue weighted by molar-refractivity contribution is 5.66. The highest BCUT2D eigenvalue weighted by Gasteiger charge is 2.22. The molecule has 0 radical (unpaired) electrons. The predicted molar refractivity (Wildman–Crippen MR) is 69.3 cm³/mol. The molecule has 0 aliphatic heterocycles. The van der Waals surface area contributed by atoms with Gasteiger partial charge in [0.15, 0.2) is 0 Å². The van der Waals surface area contributed by atoms with Gasteiger partial charge in [0.1, 0.15) is 0 Å². The van der Waals surface area contributed by atoms with Gasteiger partial charge in [-0.3, -0.25) is 14.2 Å². The molecular formula is C11H18N4O4. The molecule has 1 rings (SSSR count). The maximum Gasteiger partial charge on any atom is 0.346 e. The molecule has 2 N–H and O–H groups in total. The molecule has 0 unspecified atom stereocenters. The van der Waals surface area contributed by atoms with Gasteiger partial charge in [0.25, 0.3) is 5.56 Å². The van der Waals surface area contributed by atoms with E-state index in [1.807, 2.05) is 0 Å². The second-order valence-electron chi connectivity index (χ2n) is 5.02. The molecule has 0 spiro atoms. The summed E-state index contributed by atoms with van der Waals surface area (Å²) in [4.78, 5) is 33.9. The van der Waals surface area contributed by atoms with E-state index in [1.165, 1.54) is 14.1 Å². The molecule has 1 heterocycles. The normalized spacial score (nSPS) is 11.4. The van der Waals surface area contributed by atoms with Gasteiger partial charge in [0, 0.05) is 26.1 Å². The number of carboxylic acids is 1.